The number of para-hydroxylation sites is 1. The number of fused-ring (bicyclic) bond motifs is 1. The number of carboxylic acid groups (broad SMARTS) is 1. The molecule has 0 bridgehead atoms. The van der Waals surface area contributed by atoms with Crippen LogP contribution in [0.2, 0.25) is 0 Å². The van der Waals surface area contributed by atoms with Crippen LogP contribution in [0.4, 0.5) is 0 Å². The summed E-state index contributed by atoms with van der Waals surface area (Å²) in [4.78, 5) is 26.7. The van der Waals surface area contributed by atoms with Crippen LogP contribution in [0.5, 0.6) is 0 Å². The monoisotopic (exact) mass is 341 g/mol. The SMILES string of the molecule is C=CC(C)(C)c1[nH]c2ccccc2c1/C=C(\NC(=O)[C@H](C)N)C(=O)O. The normalized spacial score (nSPS) is 13.5. The van der Waals surface area contributed by atoms with Gasteiger partial charge in [0.05, 0.1) is 6.04 Å². The minimum Gasteiger partial charge on any atom is -0.477 e. The molecule has 0 aliphatic rings. The first kappa shape index (κ1) is 18.5. The zero-order chi connectivity index (χ0) is 18.8. The topological polar surface area (TPSA) is 108 Å². The molecule has 5 N–H and O–H groups in total. The Labute approximate surface area is 146 Å². The van der Waals surface area contributed by atoms with Crippen LogP contribution in [0.3, 0.4) is 0 Å². The Kier molecular flexibility index (Phi) is 5.13. The number of H-pyrrole nitrogens is 1. The van der Waals surface area contributed by atoms with Gasteiger partial charge >= 0.3 is 5.97 Å². The molecule has 2 rings (SSSR count). The lowest BCUT2D eigenvalue weighted by atomic mass is 9.86. The van der Waals surface area contributed by atoms with E-state index in [-0.39, 0.29) is 5.70 Å². The van der Waals surface area contributed by atoms with Gasteiger partial charge in [-0.3, -0.25) is 4.79 Å². The Balaban J connectivity index is 2.68. The smallest absolute Gasteiger partial charge is 0.352 e. The third kappa shape index (κ3) is 3.80. The molecule has 1 aromatic carbocycles. The summed E-state index contributed by atoms with van der Waals surface area (Å²) >= 11 is 0. The molecule has 1 heterocycles. The highest BCUT2D eigenvalue weighted by Crippen LogP contribution is 2.33. The minimum absolute atomic E-state index is 0.229. The molecular formula is C19H23N3O3. The van der Waals surface area contributed by atoms with E-state index in [0.29, 0.717) is 5.56 Å². The molecular weight excluding hydrogens is 318 g/mol. The molecule has 1 aromatic heterocycles. The van der Waals surface area contributed by atoms with Crippen molar-refractivity contribution >= 4 is 28.9 Å². The second-order valence-corrected chi connectivity index (χ2v) is 6.53. The Bertz CT molecular complexity index is 860. The highest BCUT2D eigenvalue weighted by Gasteiger charge is 2.24. The Morgan fingerprint density at radius 3 is 2.56 bits per heavy atom. The molecule has 0 saturated heterocycles. The lowest BCUT2D eigenvalue weighted by Crippen LogP contribution is -2.39. The number of rotatable bonds is 6. The number of aromatic amines is 1. The van der Waals surface area contributed by atoms with Crippen LogP contribution in [0.25, 0.3) is 17.0 Å². The number of aromatic nitrogens is 1. The first-order chi connectivity index (χ1) is 11.7. The summed E-state index contributed by atoms with van der Waals surface area (Å²) in [6, 6.07) is 6.77. The second kappa shape index (κ2) is 6.94. The number of aliphatic carboxylic acids is 1. The summed E-state index contributed by atoms with van der Waals surface area (Å²) in [5, 5.41) is 12.7. The van der Waals surface area contributed by atoms with Crippen molar-refractivity contribution in [3.63, 3.8) is 0 Å². The van der Waals surface area contributed by atoms with Crippen LogP contribution in [-0.4, -0.2) is 28.0 Å². The van der Waals surface area contributed by atoms with Gasteiger partial charge in [0, 0.05) is 27.6 Å². The fourth-order valence-corrected chi connectivity index (χ4v) is 2.47. The van der Waals surface area contributed by atoms with Crippen LogP contribution < -0.4 is 11.1 Å². The van der Waals surface area contributed by atoms with Crippen LogP contribution in [-0.2, 0) is 15.0 Å². The van der Waals surface area contributed by atoms with E-state index in [1.165, 1.54) is 13.0 Å². The van der Waals surface area contributed by atoms with Crippen LogP contribution >= 0.6 is 0 Å². The maximum Gasteiger partial charge on any atom is 0.352 e. The van der Waals surface area contributed by atoms with Gasteiger partial charge in [0.25, 0.3) is 0 Å². The maximum absolute atomic E-state index is 11.8. The number of nitrogens with one attached hydrogen (secondary N) is 2. The van der Waals surface area contributed by atoms with Crippen LogP contribution in [0.15, 0.2) is 42.6 Å². The van der Waals surface area contributed by atoms with E-state index >= 15 is 0 Å². The fraction of sp³-hybridized carbons (Fsp3) is 0.263. The number of carboxylic acids is 1. The third-order valence-corrected chi connectivity index (χ3v) is 4.09. The number of nitrogens with two attached hydrogens (primary N) is 1. The summed E-state index contributed by atoms with van der Waals surface area (Å²) < 4.78 is 0. The summed E-state index contributed by atoms with van der Waals surface area (Å²) in [6.07, 6.45) is 3.25. The zero-order valence-electron chi connectivity index (χ0n) is 14.6. The molecule has 132 valence electrons. The minimum atomic E-state index is -1.23. The predicted molar refractivity (Wildman–Crippen MR) is 98.9 cm³/mol. The molecule has 0 saturated carbocycles. The molecule has 6 heteroatoms. The van der Waals surface area contributed by atoms with Crippen LogP contribution in [0, 0.1) is 0 Å². The standard InChI is InChI=1S/C19H23N3O3/c1-5-19(3,4)16-13(12-8-6-7-9-14(12)21-16)10-15(18(24)25)22-17(23)11(2)20/h5-11,21H,1,20H2,2-4H3,(H,22,23)(H,24,25)/b15-10-/t11-/m0/s1. The predicted octanol–water partition coefficient (Wildman–Crippen LogP) is 2.52. The van der Waals surface area contributed by atoms with Gasteiger partial charge in [-0.25, -0.2) is 4.79 Å². The number of benzene rings is 1. The zero-order valence-corrected chi connectivity index (χ0v) is 14.6. The van der Waals surface area contributed by atoms with Gasteiger partial charge in [0.1, 0.15) is 5.70 Å². The molecule has 6 nitrogen and oxygen atoms in total. The van der Waals surface area contributed by atoms with Crippen molar-refractivity contribution in [2.75, 3.05) is 0 Å². The molecule has 25 heavy (non-hydrogen) atoms. The average Bonchev–Trinajstić information content (AvgIpc) is 2.93. The quantitative estimate of drug-likeness (QED) is 0.478. The maximum atomic E-state index is 11.8. The van der Waals surface area contributed by atoms with Gasteiger partial charge < -0.3 is 21.1 Å². The Morgan fingerprint density at radius 2 is 2.00 bits per heavy atom. The molecule has 0 aliphatic carbocycles. The van der Waals surface area contributed by atoms with Gasteiger partial charge in [-0.2, -0.15) is 0 Å². The summed E-state index contributed by atoms with van der Waals surface area (Å²) in [5.74, 6) is -1.79. The Hall–Kier alpha value is -2.86. The third-order valence-electron chi connectivity index (χ3n) is 4.09. The van der Waals surface area contributed by atoms with Gasteiger partial charge in [-0.05, 0) is 19.1 Å². The van der Waals surface area contributed by atoms with Crippen molar-refractivity contribution < 1.29 is 14.7 Å². The fourth-order valence-electron chi connectivity index (χ4n) is 2.47. The number of hydrogen-bond acceptors (Lipinski definition) is 3. The van der Waals surface area contributed by atoms with Crippen molar-refractivity contribution in [3.8, 4) is 0 Å². The molecule has 0 fully saturated rings. The largest absolute Gasteiger partial charge is 0.477 e. The van der Waals surface area contributed by atoms with Gasteiger partial charge in [-0.1, -0.05) is 38.1 Å². The molecule has 2 aromatic rings. The van der Waals surface area contributed by atoms with Crippen molar-refractivity contribution in [2.45, 2.75) is 32.2 Å². The van der Waals surface area contributed by atoms with E-state index in [1.807, 2.05) is 38.1 Å². The first-order valence-electron chi connectivity index (χ1n) is 7.93. The molecule has 1 amide bonds. The number of hydrogen-bond donors (Lipinski definition) is 4. The Morgan fingerprint density at radius 1 is 1.36 bits per heavy atom. The summed E-state index contributed by atoms with van der Waals surface area (Å²) in [6.45, 7) is 9.31. The molecule has 0 spiro atoms. The molecule has 0 aliphatic heterocycles. The van der Waals surface area contributed by atoms with E-state index < -0.39 is 23.3 Å². The van der Waals surface area contributed by atoms with E-state index in [9.17, 15) is 14.7 Å². The van der Waals surface area contributed by atoms with Crippen molar-refractivity contribution in [1.82, 2.24) is 10.3 Å². The lowest BCUT2D eigenvalue weighted by molar-refractivity contribution is -0.134. The van der Waals surface area contributed by atoms with Gasteiger partial charge in [-0.15, -0.1) is 6.58 Å². The summed E-state index contributed by atoms with van der Waals surface area (Å²) in [7, 11) is 0. The molecule has 0 unspecified atom stereocenters. The van der Waals surface area contributed by atoms with Crippen LogP contribution in [0.1, 0.15) is 32.0 Å². The number of amides is 1. The lowest BCUT2D eigenvalue weighted by Gasteiger charge is -2.20. The number of carbonyl (C=O) groups excluding carboxylic acids is 1. The van der Waals surface area contributed by atoms with Crippen molar-refractivity contribution in [3.05, 3.63) is 53.9 Å². The highest BCUT2D eigenvalue weighted by molar-refractivity contribution is 6.01. The van der Waals surface area contributed by atoms with E-state index in [1.54, 1.807) is 6.08 Å². The number of carbonyl (C=O) groups is 2. The first-order valence-corrected chi connectivity index (χ1v) is 7.93. The average molecular weight is 341 g/mol. The van der Waals surface area contributed by atoms with Crippen molar-refractivity contribution in [1.29, 1.82) is 0 Å². The number of allylic oxidation sites excluding steroid dienone is 1. The van der Waals surface area contributed by atoms with Gasteiger partial charge in [0.2, 0.25) is 5.91 Å². The van der Waals surface area contributed by atoms with E-state index in [0.717, 1.165) is 16.6 Å². The highest BCUT2D eigenvalue weighted by atomic mass is 16.4. The van der Waals surface area contributed by atoms with Crippen molar-refractivity contribution in [2.24, 2.45) is 5.73 Å². The molecule has 1 atom stereocenters. The molecule has 0 radical (unpaired) electrons. The second-order valence-electron chi connectivity index (χ2n) is 6.53. The van der Waals surface area contributed by atoms with E-state index in [2.05, 4.69) is 16.9 Å². The van der Waals surface area contributed by atoms with Gasteiger partial charge in [0.15, 0.2) is 0 Å². The summed E-state index contributed by atoms with van der Waals surface area (Å²) in [5.41, 5.74) is 7.26. The van der Waals surface area contributed by atoms with E-state index in [4.69, 9.17) is 5.73 Å².